The second-order valence-electron chi connectivity index (χ2n) is 5.54. The zero-order valence-corrected chi connectivity index (χ0v) is 11.8. The van der Waals surface area contributed by atoms with Gasteiger partial charge in [0.25, 0.3) is 0 Å². The number of urea groups is 1. The van der Waals surface area contributed by atoms with Crippen molar-refractivity contribution in [2.24, 2.45) is 0 Å². The van der Waals surface area contributed by atoms with Crippen molar-refractivity contribution in [3.8, 4) is 0 Å². The minimum atomic E-state index is 0.177. The first-order valence-corrected chi connectivity index (χ1v) is 7.36. The van der Waals surface area contributed by atoms with Crippen LogP contribution < -0.4 is 0 Å². The molecule has 2 unspecified atom stereocenters. The summed E-state index contributed by atoms with van der Waals surface area (Å²) in [5.74, 6) is 0. The van der Waals surface area contributed by atoms with Gasteiger partial charge in [-0.05, 0) is 35.7 Å². The zero-order chi connectivity index (χ0) is 13.9. The van der Waals surface area contributed by atoms with Crippen LogP contribution in [0.15, 0.2) is 36.4 Å². The molecule has 3 nitrogen and oxygen atoms in total. The lowest BCUT2D eigenvalue weighted by atomic mass is 10.0. The van der Waals surface area contributed by atoms with Crippen molar-refractivity contribution in [3.63, 3.8) is 0 Å². The molecular formula is C17H18N2O. The maximum Gasteiger partial charge on any atom is 0.321 e. The van der Waals surface area contributed by atoms with Gasteiger partial charge in [0.2, 0.25) is 0 Å². The SMILES string of the molecule is CCN1C(=O)N(CC)C2c3cccc4cccc(c34)C21. The van der Waals surface area contributed by atoms with Gasteiger partial charge in [-0.3, -0.25) is 0 Å². The number of hydrogen-bond acceptors (Lipinski definition) is 1. The van der Waals surface area contributed by atoms with Gasteiger partial charge >= 0.3 is 6.03 Å². The van der Waals surface area contributed by atoms with E-state index in [2.05, 4.69) is 50.2 Å². The van der Waals surface area contributed by atoms with Gasteiger partial charge in [-0.25, -0.2) is 4.79 Å². The van der Waals surface area contributed by atoms with Gasteiger partial charge < -0.3 is 9.80 Å². The number of benzene rings is 2. The fourth-order valence-corrected chi connectivity index (χ4v) is 3.98. The number of nitrogens with zero attached hydrogens (tertiary/aromatic N) is 2. The monoisotopic (exact) mass is 266 g/mol. The summed E-state index contributed by atoms with van der Waals surface area (Å²) < 4.78 is 0. The van der Waals surface area contributed by atoms with Crippen LogP contribution in [0.25, 0.3) is 10.8 Å². The molecule has 1 fully saturated rings. The highest BCUT2D eigenvalue weighted by molar-refractivity contribution is 5.95. The maximum absolute atomic E-state index is 12.6. The average Bonchev–Trinajstić information content (AvgIpc) is 2.94. The lowest BCUT2D eigenvalue weighted by molar-refractivity contribution is 0.188. The minimum Gasteiger partial charge on any atom is -0.315 e. The first kappa shape index (κ1) is 11.8. The van der Waals surface area contributed by atoms with Gasteiger partial charge in [0, 0.05) is 13.1 Å². The molecule has 1 saturated heterocycles. The van der Waals surface area contributed by atoms with Gasteiger partial charge in [0.15, 0.2) is 0 Å². The topological polar surface area (TPSA) is 23.6 Å². The molecular weight excluding hydrogens is 248 g/mol. The van der Waals surface area contributed by atoms with Crippen molar-refractivity contribution < 1.29 is 4.79 Å². The Balaban J connectivity index is 2.01. The molecule has 2 aliphatic rings. The molecule has 2 aromatic rings. The summed E-state index contributed by atoms with van der Waals surface area (Å²) in [4.78, 5) is 16.6. The van der Waals surface area contributed by atoms with Crippen LogP contribution in [0.2, 0.25) is 0 Å². The van der Waals surface area contributed by atoms with Crippen molar-refractivity contribution >= 4 is 16.8 Å². The van der Waals surface area contributed by atoms with Gasteiger partial charge in [-0.15, -0.1) is 0 Å². The second kappa shape index (κ2) is 3.98. The number of carbonyl (C=O) groups is 1. The highest BCUT2D eigenvalue weighted by Gasteiger charge is 2.50. The third-order valence-corrected chi connectivity index (χ3v) is 4.75. The number of hydrogen-bond donors (Lipinski definition) is 0. The van der Waals surface area contributed by atoms with Crippen LogP contribution in [0, 0.1) is 0 Å². The predicted molar refractivity (Wildman–Crippen MR) is 79.6 cm³/mol. The average molecular weight is 266 g/mol. The summed E-state index contributed by atoms with van der Waals surface area (Å²) in [5, 5.41) is 2.64. The Morgan fingerprint density at radius 3 is 1.85 bits per heavy atom. The van der Waals surface area contributed by atoms with Crippen molar-refractivity contribution in [2.75, 3.05) is 13.1 Å². The van der Waals surface area contributed by atoms with E-state index in [1.807, 2.05) is 9.80 Å². The quantitative estimate of drug-likeness (QED) is 0.812. The maximum atomic E-state index is 12.6. The van der Waals surface area contributed by atoms with Crippen molar-refractivity contribution in [1.29, 1.82) is 0 Å². The lowest BCUT2D eigenvalue weighted by Crippen LogP contribution is -2.33. The molecule has 2 amide bonds. The van der Waals surface area contributed by atoms with Crippen LogP contribution in [0.3, 0.4) is 0 Å². The Kier molecular flexibility index (Phi) is 2.34. The van der Waals surface area contributed by atoms with Gasteiger partial charge in [0.05, 0.1) is 12.1 Å². The molecule has 2 aromatic carbocycles. The molecule has 1 aliphatic carbocycles. The summed E-state index contributed by atoms with van der Waals surface area (Å²) in [7, 11) is 0. The van der Waals surface area contributed by atoms with E-state index in [1.165, 1.54) is 21.9 Å². The molecule has 4 rings (SSSR count). The van der Waals surface area contributed by atoms with Gasteiger partial charge in [-0.1, -0.05) is 36.4 Å². The predicted octanol–water partition coefficient (Wildman–Crippen LogP) is 3.71. The summed E-state index contributed by atoms with van der Waals surface area (Å²) in [6.45, 7) is 5.66. The third kappa shape index (κ3) is 1.23. The van der Waals surface area contributed by atoms with Gasteiger partial charge in [-0.2, -0.15) is 0 Å². The van der Waals surface area contributed by atoms with Crippen LogP contribution in [0.1, 0.15) is 37.1 Å². The summed E-state index contributed by atoms with van der Waals surface area (Å²) >= 11 is 0. The highest BCUT2D eigenvalue weighted by Crippen LogP contribution is 2.53. The van der Waals surface area contributed by atoms with E-state index in [0.29, 0.717) is 0 Å². The molecule has 0 radical (unpaired) electrons. The van der Waals surface area contributed by atoms with E-state index in [4.69, 9.17) is 0 Å². The summed E-state index contributed by atoms with van der Waals surface area (Å²) in [5.41, 5.74) is 2.63. The van der Waals surface area contributed by atoms with Crippen LogP contribution >= 0.6 is 0 Å². The molecule has 1 heterocycles. The van der Waals surface area contributed by atoms with Crippen LogP contribution in [0.5, 0.6) is 0 Å². The molecule has 0 bridgehead atoms. The van der Waals surface area contributed by atoms with Gasteiger partial charge in [0.1, 0.15) is 0 Å². The minimum absolute atomic E-state index is 0.177. The zero-order valence-electron chi connectivity index (χ0n) is 11.8. The second-order valence-corrected chi connectivity index (χ2v) is 5.54. The fraction of sp³-hybridized carbons (Fsp3) is 0.353. The molecule has 102 valence electrons. The molecule has 0 aromatic heterocycles. The number of amides is 2. The molecule has 20 heavy (non-hydrogen) atoms. The number of likely N-dealkylation sites (N-methyl/N-ethyl adjacent to an activating group) is 2. The standard InChI is InChI=1S/C17H18N2O/c1-3-18-15-12-9-5-7-11-8-6-10-13(14(11)12)16(15)19(4-2)17(18)20/h5-10,15-16H,3-4H2,1-2H3. The Hall–Kier alpha value is -2.03. The molecule has 2 atom stereocenters. The van der Waals surface area contributed by atoms with E-state index in [1.54, 1.807) is 0 Å². The van der Waals surface area contributed by atoms with E-state index in [-0.39, 0.29) is 18.1 Å². The lowest BCUT2D eigenvalue weighted by Gasteiger charge is -2.21. The first-order chi connectivity index (χ1) is 9.77. The Labute approximate surface area is 118 Å². The Morgan fingerprint density at radius 1 is 0.900 bits per heavy atom. The molecule has 1 aliphatic heterocycles. The fourth-order valence-electron chi connectivity index (χ4n) is 3.98. The van der Waals surface area contributed by atoms with E-state index >= 15 is 0 Å². The molecule has 0 saturated carbocycles. The summed E-state index contributed by atoms with van der Waals surface area (Å²) in [6.07, 6.45) is 0. The van der Waals surface area contributed by atoms with Crippen molar-refractivity contribution in [1.82, 2.24) is 9.80 Å². The van der Waals surface area contributed by atoms with Crippen LogP contribution in [0.4, 0.5) is 4.79 Å². The normalized spacial score (nSPS) is 23.8. The molecule has 3 heteroatoms. The molecule has 0 spiro atoms. The largest absolute Gasteiger partial charge is 0.321 e. The van der Waals surface area contributed by atoms with E-state index < -0.39 is 0 Å². The Bertz CT molecular complexity index is 654. The van der Waals surface area contributed by atoms with E-state index in [0.717, 1.165) is 13.1 Å². The van der Waals surface area contributed by atoms with E-state index in [9.17, 15) is 4.79 Å². The number of rotatable bonds is 2. The first-order valence-electron chi connectivity index (χ1n) is 7.36. The van der Waals surface area contributed by atoms with Crippen molar-refractivity contribution in [3.05, 3.63) is 47.5 Å². The number of fused-ring (bicyclic) bond motifs is 3. The summed E-state index contributed by atoms with van der Waals surface area (Å²) in [6, 6.07) is 13.5. The highest BCUT2D eigenvalue weighted by atomic mass is 16.2. The molecule has 0 N–H and O–H groups in total. The van der Waals surface area contributed by atoms with Crippen LogP contribution in [-0.4, -0.2) is 28.9 Å². The van der Waals surface area contributed by atoms with Crippen LogP contribution in [-0.2, 0) is 0 Å². The number of carbonyl (C=O) groups excluding carboxylic acids is 1. The third-order valence-electron chi connectivity index (χ3n) is 4.75. The Morgan fingerprint density at radius 2 is 1.40 bits per heavy atom. The van der Waals surface area contributed by atoms with Crippen molar-refractivity contribution in [2.45, 2.75) is 25.9 Å². The smallest absolute Gasteiger partial charge is 0.315 e.